The second-order valence-electron chi connectivity index (χ2n) is 7.42. The molecule has 0 aliphatic heterocycles. The Morgan fingerprint density at radius 3 is 2.41 bits per heavy atom. The number of nitrogens with one attached hydrogen (secondary N) is 1. The van der Waals surface area contributed by atoms with Gasteiger partial charge in [-0.2, -0.15) is 0 Å². The highest BCUT2D eigenvalue weighted by Crippen LogP contribution is 2.27. The van der Waals surface area contributed by atoms with Gasteiger partial charge in [0, 0.05) is 32.1 Å². The van der Waals surface area contributed by atoms with Crippen LogP contribution in [0.15, 0.2) is 42.5 Å². The van der Waals surface area contributed by atoms with Crippen LogP contribution in [-0.4, -0.2) is 23.3 Å². The van der Waals surface area contributed by atoms with Crippen LogP contribution in [0.3, 0.4) is 0 Å². The van der Waals surface area contributed by atoms with Gasteiger partial charge in [0.05, 0.1) is 0 Å². The lowest BCUT2D eigenvalue weighted by molar-refractivity contribution is -0.129. The lowest BCUT2D eigenvalue weighted by Crippen LogP contribution is -2.31. The Bertz CT molecular complexity index is 812. The number of benzene rings is 2. The van der Waals surface area contributed by atoms with E-state index in [-0.39, 0.29) is 18.2 Å². The SMILES string of the molecule is CC(=O)N(CCC(=O)Nc1c(C)cccc1C(C)C)Cc1cccc(C)c1. The zero-order valence-electron chi connectivity index (χ0n) is 17.0. The summed E-state index contributed by atoms with van der Waals surface area (Å²) >= 11 is 0. The van der Waals surface area contributed by atoms with Crippen molar-refractivity contribution < 1.29 is 9.59 Å². The van der Waals surface area contributed by atoms with Gasteiger partial charge in [0.25, 0.3) is 0 Å². The standard InChI is InChI=1S/C23H30N2O2/c1-16(2)21-11-7-9-18(4)23(21)24-22(27)12-13-25(19(5)26)15-20-10-6-8-17(3)14-20/h6-11,14,16H,12-13,15H2,1-5H3,(H,24,27). The summed E-state index contributed by atoms with van der Waals surface area (Å²) in [5.74, 6) is 0.236. The molecule has 27 heavy (non-hydrogen) atoms. The second kappa shape index (κ2) is 9.36. The molecule has 2 aromatic carbocycles. The number of carbonyl (C=O) groups is 2. The first-order valence-corrected chi connectivity index (χ1v) is 9.48. The Hall–Kier alpha value is -2.62. The lowest BCUT2D eigenvalue weighted by atomic mass is 9.98. The minimum atomic E-state index is -0.0679. The molecule has 0 unspecified atom stereocenters. The molecule has 2 amide bonds. The van der Waals surface area contributed by atoms with Crippen LogP contribution in [0, 0.1) is 13.8 Å². The number of para-hydroxylation sites is 1. The molecular formula is C23H30N2O2. The van der Waals surface area contributed by atoms with E-state index in [2.05, 4.69) is 25.2 Å². The molecule has 0 aliphatic rings. The zero-order chi connectivity index (χ0) is 20.0. The third-order valence-corrected chi connectivity index (χ3v) is 4.70. The third kappa shape index (κ3) is 5.95. The highest BCUT2D eigenvalue weighted by atomic mass is 16.2. The number of anilines is 1. The monoisotopic (exact) mass is 366 g/mol. The molecular weight excluding hydrogens is 336 g/mol. The summed E-state index contributed by atoms with van der Waals surface area (Å²) in [6.45, 7) is 10.7. The van der Waals surface area contributed by atoms with E-state index >= 15 is 0 Å². The van der Waals surface area contributed by atoms with Crippen LogP contribution < -0.4 is 5.32 Å². The Labute approximate surface area is 162 Å². The molecule has 0 spiro atoms. The van der Waals surface area contributed by atoms with Gasteiger partial charge in [0.2, 0.25) is 11.8 Å². The molecule has 0 bridgehead atoms. The normalized spacial score (nSPS) is 10.7. The fourth-order valence-electron chi connectivity index (χ4n) is 3.16. The molecule has 4 nitrogen and oxygen atoms in total. The van der Waals surface area contributed by atoms with Crippen LogP contribution in [0.1, 0.15) is 55.4 Å². The van der Waals surface area contributed by atoms with E-state index in [9.17, 15) is 9.59 Å². The van der Waals surface area contributed by atoms with E-state index in [4.69, 9.17) is 0 Å². The molecule has 0 fully saturated rings. The molecule has 0 saturated carbocycles. The molecule has 0 radical (unpaired) electrons. The Morgan fingerprint density at radius 1 is 1.07 bits per heavy atom. The van der Waals surface area contributed by atoms with Crippen molar-refractivity contribution in [2.75, 3.05) is 11.9 Å². The molecule has 4 heteroatoms. The van der Waals surface area contributed by atoms with E-state index < -0.39 is 0 Å². The quantitative estimate of drug-likeness (QED) is 0.765. The summed E-state index contributed by atoms with van der Waals surface area (Å²) in [6, 6.07) is 14.2. The van der Waals surface area contributed by atoms with Crippen LogP contribution in [0.25, 0.3) is 0 Å². The topological polar surface area (TPSA) is 49.4 Å². The summed E-state index contributed by atoms with van der Waals surface area (Å²) in [5.41, 5.74) is 5.32. The van der Waals surface area contributed by atoms with Crippen molar-refractivity contribution in [1.29, 1.82) is 0 Å². The van der Waals surface area contributed by atoms with Crippen LogP contribution in [0.2, 0.25) is 0 Å². The number of hydrogen-bond acceptors (Lipinski definition) is 2. The lowest BCUT2D eigenvalue weighted by Gasteiger charge is -2.22. The first kappa shape index (κ1) is 20.7. The molecule has 2 aromatic rings. The fraction of sp³-hybridized carbons (Fsp3) is 0.391. The highest BCUT2D eigenvalue weighted by molar-refractivity contribution is 5.92. The van der Waals surface area contributed by atoms with E-state index in [1.165, 1.54) is 0 Å². The van der Waals surface area contributed by atoms with Gasteiger partial charge >= 0.3 is 0 Å². The predicted molar refractivity (Wildman–Crippen MR) is 111 cm³/mol. The summed E-state index contributed by atoms with van der Waals surface area (Å²) in [7, 11) is 0. The van der Waals surface area contributed by atoms with Gasteiger partial charge in [-0.15, -0.1) is 0 Å². The Kier molecular flexibility index (Phi) is 7.17. The van der Waals surface area contributed by atoms with Gasteiger partial charge in [-0.25, -0.2) is 0 Å². The van der Waals surface area contributed by atoms with Crippen molar-refractivity contribution in [3.05, 3.63) is 64.7 Å². The van der Waals surface area contributed by atoms with E-state index in [0.717, 1.165) is 27.9 Å². The zero-order valence-corrected chi connectivity index (χ0v) is 17.0. The van der Waals surface area contributed by atoms with E-state index in [0.29, 0.717) is 19.0 Å². The molecule has 0 atom stereocenters. The molecule has 1 N–H and O–H groups in total. The van der Waals surface area contributed by atoms with Crippen LogP contribution in [0.4, 0.5) is 5.69 Å². The average molecular weight is 367 g/mol. The highest BCUT2D eigenvalue weighted by Gasteiger charge is 2.15. The van der Waals surface area contributed by atoms with Crippen molar-refractivity contribution in [1.82, 2.24) is 4.90 Å². The molecule has 0 aliphatic carbocycles. The van der Waals surface area contributed by atoms with Crippen LogP contribution in [-0.2, 0) is 16.1 Å². The minimum Gasteiger partial charge on any atom is -0.338 e. The van der Waals surface area contributed by atoms with Gasteiger partial charge < -0.3 is 10.2 Å². The molecule has 144 valence electrons. The number of aryl methyl sites for hydroxylation is 2. The van der Waals surface area contributed by atoms with Crippen molar-refractivity contribution >= 4 is 17.5 Å². The maximum Gasteiger partial charge on any atom is 0.226 e. The van der Waals surface area contributed by atoms with Gasteiger partial charge in [-0.05, 0) is 36.5 Å². The first-order chi connectivity index (χ1) is 12.8. The van der Waals surface area contributed by atoms with Crippen molar-refractivity contribution in [2.24, 2.45) is 0 Å². The predicted octanol–water partition coefficient (Wildman–Crippen LogP) is 4.80. The Morgan fingerprint density at radius 2 is 1.78 bits per heavy atom. The van der Waals surface area contributed by atoms with Crippen LogP contribution in [0.5, 0.6) is 0 Å². The number of rotatable bonds is 7. The minimum absolute atomic E-state index is 0.0249. The van der Waals surface area contributed by atoms with Crippen LogP contribution >= 0.6 is 0 Å². The number of carbonyl (C=O) groups excluding carboxylic acids is 2. The van der Waals surface area contributed by atoms with Crippen molar-refractivity contribution in [3.63, 3.8) is 0 Å². The Balaban J connectivity index is 2.02. The fourth-order valence-corrected chi connectivity index (χ4v) is 3.16. The van der Waals surface area contributed by atoms with E-state index in [1.807, 2.05) is 50.2 Å². The average Bonchev–Trinajstić information content (AvgIpc) is 2.60. The van der Waals surface area contributed by atoms with Gasteiger partial charge in [-0.1, -0.05) is 61.9 Å². The molecule has 2 rings (SSSR count). The number of nitrogens with zero attached hydrogens (tertiary/aromatic N) is 1. The molecule has 0 heterocycles. The van der Waals surface area contributed by atoms with Crippen molar-refractivity contribution in [2.45, 2.75) is 53.5 Å². The van der Waals surface area contributed by atoms with E-state index in [1.54, 1.807) is 11.8 Å². The van der Waals surface area contributed by atoms with Gasteiger partial charge in [-0.3, -0.25) is 9.59 Å². The largest absolute Gasteiger partial charge is 0.338 e. The second-order valence-corrected chi connectivity index (χ2v) is 7.42. The summed E-state index contributed by atoms with van der Waals surface area (Å²) in [4.78, 5) is 26.2. The van der Waals surface area contributed by atoms with Gasteiger partial charge in [0.1, 0.15) is 0 Å². The smallest absolute Gasteiger partial charge is 0.226 e. The van der Waals surface area contributed by atoms with Crippen molar-refractivity contribution in [3.8, 4) is 0 Å². The molecule has 0 aromatic heterocycles. The third-order valence-electron chi connectivity index (χ3n) is 4.70. The summed E-state index contributed by atoms with van der Waals surface area (Å²) < 4.78 is 0. The summed E-state index contributed by atoms with van der Waals surface area (Å²) in [5, 5.41) is 3.05. The maximum atomic E-state index is 12.5. The van der Waals surface area contributed by atoms with Gasteiger partial charge in [0.15, 0.2) is 0 Å². The first-order valence-electron chi connectivity index (χ1n) is 9.48. The molecule has 0 saturated heterocycles. The number of amides is 2. The number of hydrogen-bond donors (Lipinski definition) is 1. The maximum absolute atomic E-state index is 12.5. The summed E-state index contributed by atoms with van der Waals surface area (Å²) in [6.07, 6.45) is 0.275.